The van der Waals surface area contributed by atoms with Gasteiger partial charge in [0.1, 0.15) is 35.4 Å². The minimum absolute atomic E-state index is 0.0108. The lowest BCUT2D eigenvalue weighted by Crippen LogP contribution is -2.17. The molecular weight excluding hydrogens is 565 g/mol. The summed E-state index contributed by atoms with van der Waals surface area (Å²) in [6.07, 6.45) is 3.67. The molecule has 0 bridgehead atoms. The van der Waals surface area contributed by atoms with E-state index in [1.165, 1.54) is 6.08 Å². The van der Waals surface area contributed by atoms with Crippen LogP contribution in [0.2, 0.25) is 0 Å². The number of halogens is 3. The Hall–Kier alpha value is -4.42. The van der Waals surface area contributed by atoms with E-state index in [2.05, 4.69) is 11.0 Å². The minimum Gasteiger partial charge on any atom is -0.378 e. The molecule has 1 saturated heterocycles. The van der Waals surface area contributed by atoms with Crippen molar-refractivity contribution in [2.45, 2.75) is 17.1 Å². The van der Waals surface area contributed by atoms with Gasteiger partial charge in [-0.2, -0.15) is 26.3 Å². The number of nitrogens with zero attached hydrogens (tertiary/aromatic N) is 7. The Morgan fingerprint density at radius 1 is 0.750 bits per heavy atom. The van der Waals surface area contributed by atoms with Crippen molar-refractivity contribution in [2.75, 3.05) is 37.0 Å². The summed E-state index contributed by atoms with van der Waals surface area (Å²) in [5, 5.41) is 48.6. The van der Waals surface area contributed by atoms with E-state index in [0.717, 1.165) is 37.3 Å². The molecule has 0 amide bonds. The van der Waals surface area contributed by atoms with Crippen LogP contribution in [0.15, 0.2) is 71.3 Å². The molecule has 2 aromatic carbocycles. The van der Waals surface area contributed by atoms with Gasteiger partial charge in [0.2, 0.25) is 0 Å². The zero-order valence-electron chi connectivity index (χ0n) is 21.9. The third kappa shape index (κ3) is 8.55. The first-order chi connectivity index (χ1) is 19.2. The van der Waals surface area contributed by atoms with Crippen LogP contribution in [-0.4, -0.2) is 31.5 Å². The summed E-state index contributed by atoms with van der Waals surface area (Å²) in [6, 6.07) is 24.2. The van der Waals surface area contributed by atoms with Crippen LogP contribution < -0.4 is 9.80 Å². The molecule has 1 fully saturated rings. The lowest BCUT2D eigenvalue weighted by molar-refractivity contribution is 0.949. The molecule has 200 valence electrons. The minimum atomic E-state index is -0.750. The maximum Gasteiger partial charge on any atom is 0.180 e. The van der Waals surface area contributed by atoms with Gasteiger partial charge in [0, 0.05) is 49.7 Å². The predicted molar refractivity (Wildman–Crippen MR) is 160 cm³/mol. The monoisotopic (exact) mass is 587 g/mol. The third-order valence-electron chi connectivity index (χ3n) is 5.97. The van der Waals surface area contributed by atoms with Gasteiger partial charge in [-0.3, -0.25) is 0 Å². The summed E-state index contributed by atoms with van der Waals surface area (Å²) >= 11 is 14.4. The molecule has 1 heterocycles. The first-order valence-corrected chi connectivity index (χ1v) is 13.3. The van der Waals surface area contributed by atoms with Gasteiger partial charge in [-0.1, -0.05) is 59.1 Å². The lowest BCUT2D eigenvalue weighted by atomic mass is 9.90. The number of hydrogen-bond acceptors (Lipinski definition) is 7. The molecule has 1 aliphatic heterocycles. The zero-order chi connectivity index (χ0) is 29.7. The van der Waals surface area contributed by atoms with Crippen LogP contribution in [-0.2, 0) is 0 Å². The van der Waals surface area contributed by atoms with Crippen LogP contribution >= 0.6 is 34.8 Å². The molecule has 0 saturated carbocycles. The molecule has 10 heteroatoms. The van der Waals surface area contributed by atoms with Crippen molar-refractivity contribution in [1.29, 1.82) is 26.3 Å². The van der Waals surface area contributed by atoms with Crippen LogP contribution in [0, 0.1) is 56.7 Å². The number of allylic oxidation sites excluding steroid dienone is 6. The number of nitriles is 5. The van der Waals surface area contributed by atoms with Crippen LogP contribution in [0.4, 0.5) is 11.4 Å². The number of hydrogen-bond donors (Lipinski definition) is 0. The van der Waals surface area contributed by atoms with Crippen molar-refractivity contribution in [2.24, 2.45) is 0 Å². The average molecular weight is 589 g/mol. The molecule has 0 aliphatic carbocycles. The Morgan fingerprint density at radius 2 is 1.23 bits per heavy atom. The standard InChI is InChI=1S/C29H23N7.CHCl3/c1-35(2)26-9-5-21(6-10-26)28(24(17-31)18-32)15-23(16-30)29(25(19-33)20-34)22-7-11-27(12-8-22)36-13-3-4-14-36;2-1(3)4/h5-12,15H,3-4,13-14H2,1-2H3;1H/b23-15-;. The predicted octanol–water partition coefficient (Wildman–Crippen LogP) is 7.09. The van der Waals surface area contributed by atoms with Crippen molar-refractivity contribution in [3.05, 3.63) is 82.5 Å². The molecule has 40 heavy (non-hydrogen) atoms. The number of rotatable bonds is 6. The van der Waals surface area contributed by atoms with Gasteiger partial charge in [-0.25, -0.2) is 0 Å². The van der Waals surface area contributed by atoms with Crippen LogP contribution in [0.25, 0.3) is 11.1 Å². The fourth-order valence-electron chi connectivity index (χ4n) is 4.07. The van der Waals surface area contributed by atoms with Crippen LogP contribution in [0.1, 0.15) is 24.0 Å². The highest BCUT2D eigenvalue weighted by Crippen LogP contribution is 2.32. The summed E-state index contributed by atoms with van der Waals surface area (Å²) in [4.78, 5) is 4.17. The molecule has 2 aromatic rings. The highest BCUT2D eigenvalue weighted by Gasteiger charge is 2.19. The first-order valence-electron chi connectivity index (χ1n) is 12.0. The molecule has 0 unspecified atom stereocenters. The topological polar surface area (TPSA) is 125 Å². The zero-order valence-corrected chi connectivity index (χ0v) is 24.1. The highest BCUT2D eigenvalue weighted by atomic mass is 35.6. The van der Waals surface area contributed by atoms with E-state index < -0.39 is 4.30 Å². The highest BCUT2D eigenvalue weighted by molar-refractivity contribution is 6.63. The largest absolute Gasteiger partial charge is 0.378 e. The normalized spacial score (nSPS) is 11.9. The van der Waals surface area contributed by atoms with Crippen molar-refractivity contribution in [1.82, 2.24) is 0 Å². The molecule has 3 rings (SSSR count). The summed E-state index contributed by atoms with van der Waals surface area (Å²) in [7, 11) is 3.79. The van der Waals surface area contributed by atoms with Gasteiger partial charge in [-0.05, 0) is 54.3 Å². The third-order valence-corrected chi connectivity index (χ3v) is 5.97. The Kier molecular flexibility index (Phi) is 12.6. The Balaban J connectivity index is 0.00000131. The Bertz CT molecular complexity index is 1460. The van der Waals surface area contributed by atoms with Gasteiger partial charge >= 0.3 is 0 Å². The summed E-state index contributed by atoms with van der Waals surface area (Å²) < 4.78 is -0.750. The van der Waals surface area contributed by atoms with Crippen molar-refractivity contribution >= 4 is 57.3 Å². The second kappa shape index (κ2) is 15.9. The number of alkyl halides is 3. The Morgan fingerprint density at radius 3 is 1.65 bits per heavy atom. The maximum atomic E-state index is 10.1. The van der Waals surface area contributed by atoms with E-state index in [1.807, 2.05) is 67.5 Å². The fraction of sp³-hybridized carbons (Fsp3) is 0.233. The first kappa shape index (κ1) is 31.8. The molecule has 0 radical (unpaired) electrons. The molecular formula is C30H24Cl3N7. The summed E-state index contributed by atoms with van der Waals surface area (Å²) in [5.41, 5.74) is 3.05. The van der Waals surface area contributed by atoms with E-state index in [0.29, 0.717) is 11.1 Å². The van der Waals surface area contributed by atoms with Crippen LogP contribution in [0.3, 0.4) is 0 Å². The molecule has 0 spiro atoms. The smallest absolute Gasteiger partial charge is 0.180 e. The molecule has 0 N–H and O–H groups in total. The summed E-state index contributed by atoms with van der Waals surface area (Å²) in [5.74, 6) is 0. The van der Waals surface area contributed by atoms with Gasteiger partial charge in [0.15, 0.2) is 4.30 Å². The second-order valence-corrected chi connectivity index (χ2v) is 10.6. The number of benzene rings is 2. The maximum absolute atomic E-state index is 10.1. The van der Waals surface area contributed by atoms with E-state index in [4.69, 9.17) is 34.8 Å². The van der Waals surface area contributed by atoms with E-state index in [1.54, 1.807) is 24.3 Å². The number of anilines is 2. The lowest BCUT2D eigenvalue weighted by Gasteiger charge is -2.18. The molecule has 0 aromatic heterocycles. The second-order valence-electron chi connectivity index (χ2n) is 8.59. The van der Waals surface area contributed by atoms with Gasteiger partial charge in [0.05, 0.1) is 11.6 Å². The molecule has 0 atom stereocenters. The van der Waals surface area contributed by atoms with Crippen molar-refractivity contribution in [3.63, 3.8) is 0 Å². The van der Waals surface area contributed by atoms with Crippen LogP contribution in [0.5, 0.6) is 0 Å². The summed E-state index contributed by atoms with van der Waals surface area (Å²) in [6.45, 7) is 1.94. The molecule has 7 nitrogen and oxygen atoms in total. The average Bonchev–Trinajstić information content (AvgIpc) is 3.50. The fourth-order valence-corrected chi connectivity index (χ4v) is 4.07. The quantitative estimate of drug-likeness (QED) is 0.200. The van der Waals surface area contributed by atoms with E-state index >= 15 is 0 Å². The van der Waals surface area contributed by atoms with Gasteiger partial charge in [-0.15, -0.1) is 0 Å². The van der Waals surface area contributed by atoms with Gasteiger partial charge in [0.25, 0.3) is 0 Å². The van der Waals surface area contributed by atoms with E-state index in [9.17, 15) is 26.3 Å². The van der Waals surface area contributed by atoms with Crippen molar-refractivity contribution in [3.8, 4) is 30.3 Å². The molecule has 1 aliphatic rings. The van der Waals surface area contributed by atoms with Gasteiger partial charge < -0.3 is 9.80 Å². The van der Waals surface area contributed by atoms with E-state index in [-0.39, 0.29) is 27.9 Å². The Labute approximate surface area is 249 Å². The SMILES string of the molecule is CN(C)c1ccc(C(/C=C(/C#N)C(=C(C#N)C#N)c2ccc(N3CCCC3)cc2)=C(C#N)C#N)cc1.ClC(Cl)Cl. The van der Waals surface area contributed by atoms with Crippen molar-refractivity contribution < 1.29 is 0 Å².